The number of carbonyl (C=O) groups is 2. The molecule has 4 rings (SSSR count). The largest absolute Gasteiger partial charge is 0.497 e. The van der Waals surface area contributed by atoms with Crippen molar-refractivity contribution in [2.75, 3.05) is 7.11 Å². The van der Waals surface area contributed by atoms with Crippen LogP contribution in [0.25, 0.3) is 0 Å². The number of rotatable bonds is 10. The molecule has 33 heavy (non-hydrogen) atoms. The number of ether oxygens (including phenoxy) is 1. The summed E-state index contributed by atoms with van der Waals surface area (Å²) in [7, 11) is 1.61. The molecule has 6 nitrogen and oxygen atoms in total. The fourth-order valence-electron chi connectivity index (χ4n) is 3.46. The van der Waals surface area contributed by atoms with E-state index < -0.39 is 6.04 Å². The molecule has 0 aliphatic rings. The Hall–Kier alpha value is -3.36. The summed E-state index contributed by atoms with van der Waals surface area (Å²) in [4.78, 5) is 30.4. The van der Waals surface area contributed by atoms with Crippen molar-refractivity contribution < 1.29 is 18.7 Å². The number of carbonyl (C=O) groups excluding carboxylic acids is 2. The van der Waals surface area contributed by atoms with Crippen LogP contribution in [-0.4, -0.2) is 23.8 Å². The van der Waals surface area contributed by atoms with Crippen LogP contribution in [0.1, 0.15) is 27.1 Å². The van der Waals surface area contributed by atoms with Gasteiger partial charge in [0, 0.05) is 16.3 Å². The van der Waals surface area contributed by atoms with E-state index in [0.717, 1.165) is 21.1 Å². The second-order valence-corrected chi connectivity index (χ2v) is 9.41. The quantitative estimate of drug-likeness (QED) is 0.345. The first-order chi connectivity index (χ1) is 16.1. The topological polar surface area (TPSA) is 71.8 Å². The standard InChI is InChI=1S/C25H24N2O4S2/c1-30-19-10-8-18(9-11-19)16-26-25(29)24(22-7-2-12-31-22)27(17-21-6-4-14-33-21)23(28)15-20-5-3-13-32-20/h2-14,24H,15-17H2,1H3,(H,26,29)/t24-/m0/s1. The molecule has 170 valence electrons. The van der Waals surface area contributed by atoms with Crippen molar-refractivity contribution >= 4 is 34.5 Å². The number of amides is 2. The SMILES string of the molecule is COc1ccc(CNC(=O)[C@H](c2ccco2)N(Cc2cccs2)C(=O)Cc2cccs2)cc1. The molecule has 0 unspecified atom stereocenters. The molecular formula is C25H24N2O4S2. The summed E-state index contributed by atoms with van der Waals surface area (Å²) < 4.78 is 10.8. The number of benzene rings is 1. The third kappa shape index (κ3) is 5.91. The fourth-order valence-corrected chi connectivity index (χ4v) is 4.86. The second kappa shape index (κ2) is 11.0. The molecule has 0 bridgehead atoms. The van der Waals surface area contributed by atoms with E-state index in [-0.39, 0.29) is 18.2 Å². The van der Waals surface area contributed by atoms with E-state index >= 15 is 0 Å². The minimum atomic E-state index is -0.882. The summed E-state index contributed by atoms with van der Waals surface area (Å²) in [6.07, 6.45) is 1.75. The Morgan fingerprint density at radius 2 is 1.73 bits per heavy atom. The summed E-state index contributed by atoms with van der Waals surface area (Å²) in [5, 5.41) is 6.87. The first-order valence-corrected chi connectivity index (χ1v) is 12.2. The molecule has 0 spiro atoms. The average molecular weight is 481 g/mol. The molecule has 1 atom stereocenters. The van der Waals surface area contributed by atoms with Gasteiger partial charge in [-0.1, -0.05) is 24.3 Å². The highest BCUT2D eigenvalue weighted by atomic mass is 32.1. The Kier molecular flexibility index (Phi) is 7.59. The maximum atomic E-state index is 13.4. The van der Waals surface area contributed by atoms with Crippen molar-refractivity contribution in [1.29, 1.82) is 0 Å². The van der Waals surface area contributed by atoms with E-state index in [0.29, 0.717) is 18.8 Å². The number of methoxy groups -OCH3 is 1. The molecule has 0 aliphatic carbocycles. The molecule has 1 aromatic carbocycles. The smallest absolute Gasteiger partial charge is 0.251 e. The van der Waals surface area contributed by atoms with Gasteiger partial charge in [0.25, 0.3) is 5.91 Å². The van der Waals surface area contributed by atoms with Gasteiger partial charge in [-0.25, -0.2) is 0 Å². The number of hydrogen-bond donors (Lipinski definition) is 1. The van der Waals surface area contributed by atoms with Gasteiger partial charge in [0.1, 0.15) is 11.5 Å². The molecule has 4 aromatic rings. The zero-order chi connectivity index (χ0) is 23.0. The maximum Gasteiger partial charge on any atom is 0.251 e. The lowest BCUT2D eigenvalue weighted by Crippen LogP contribution is -2.43. The Bertz CT molecular complexity index is 1140. The Balaban J connectivity index is 1.58. The van der Waals surface area contributed by atoms with Crippen LogP contribution in [0, 0.1) is 0 Å². The third-order valence-corrected chi connectivity index (χ3v) is 6.87. The van der Waals surface area contributed by atoms with Gasteiger partial charge in [-0.05, 0) is 52.7 Å². The van der Waals surface area contributed by atoms with Crippen molar-refractivity contribution in [2.45, 2.75) is 25.6 Å². The first kappa shape index (κ1) is 22.8. The Morgan fingerprint density at radius 3 is 2.33 bits per heavy atom. The Morgan fingerprint density at radius 1 is 1.00 bits per heavy atom. The Labute approximate surface area is 200 Å². The molecule has 0 saturated carbocycles. The van der Waals surface area contributed by atoms with E-state index in [1.165, 1.54) is 17.6 Å². The molecule has 2 amide bonds. The maximum absolute atomic E-state index is 13.4. The van der Waals surface area contributed by atoms with Crippen molar-refractivity contribution in [3.05, 3.63) is 98.8 Å². The molecule has 3 aromatic heterocycles. The molecular weight excluding hydrogens is 456 g/mol. The monoisotopic (exact) mass is 480 g/mol. The van der Waals surface area contributed by atoms with Crippen LogP contribution in [0.3, 0.4) is 0 Å². The lowest BCUT2D eigenvalue weighted by Gasteiger charge is -2.29. The lowest BCUT2D eigenvalue weighted by molar-refractivity contribution is -0.141. The average Bonchev–Trinajstić information content (AvgIpc) is 3.62. The van der Waals surface area contributed by atoms with Gasteiger partial charge in [-0.2, -0.15) is 0 Å². The third-order valence-electron chi connectivity index (χ3n) is 5.13. The fraction of sp³-hybridized carbons (Fsp3) is 0.200. The highest BCUT2D eigenvalue weighted by Crippen LogP contribution is 2.27. The van der Waals surface area contributed by atoms with Crippen LogP contribution in [0.5, 0.6) is 5.75 Å². The summed E-state index contributed by atoms with van der Waals surface area (Å²) in [5.41, 5.74) is 0.928. The van der Waals surface area contributed by atoms with E-state index in [9.17, 15) is 9.59 Å². The number of nitrogens with zero attached hydrogens (tertiary/aromatic N) is 1. The zero-order valence-electron chi connectivity index (χ0n) is 18.1. The number of furan rings is 1. The predicted octanol–water partition coefficient (Wildman–Crippen LogP) is 5.04. The highest BCUT2D eigenvalue weighted by molar-refractivity contribution is 7.10. The molecule has 1 N–H and O–H groups in total. The van der Waals surface area contributed by atoms with Crippen LogP contribution in [-0.2, 0) is 29.1 Å². The molecule has 8 heteroatoms. The zero-order valence-corrected chi connectivity index (χ0v) is 19.7. The molecule has 0 saturated heterocycles. The van der Waals surface area contributed by atoms with Gasteiger partial charge in [-0.3, -0.25) is 9.59 Å². The number of nitrogens with one attached hydrogen (secondary N) is 1. The lowest BCUT2D eigenvalue weighted by atomic mass is 10.1. The van der Waals surface area contributed by atoms with Crippen molar-refractivity contribution in [3.63, 3.8) is 0 Å². The van der Waals surface area contributed by atoms with Gasteiger partial charge < -0.3 is 19.4 Å². The number of hydrogen-bond acceptors (Lipinski definition) is 6. The van der Waals surface area contributed by atoms with E-state index in [1.807, 2.05) is 59.3 Å². The minimum Gasteiger partial charge on any atom is -0.497 e. The number of thiophene rings is 2. The molecule has 3 heterocycles. The van der Waals surface area contributed by atoms with Crippen LogP contribution in [0.15, 0.2) is 82.1 Å². The van der Waals surface area contributed by atoms with Gasteiger partial charge in [0.2, 0.25) is 5.91 Å². The van der Waals surface area contributed by atoms with Crippen LogP contribution in [0.4, 0.5) is 0 Å². The second-order valence-electron chi connectivity index (χ2n) is 7.34. The van der Waals surface area contributed by atoms with Gasteiger partial charge in [0.05, 0.1) is 26.3 Å². The summed E-state index contributed by atoms with van der Waals surface area (Å²) in [6.45, 7) is 0.648. The molecule has 0 fully saturated rings. The van der Waals surface area contributed by atoms with Crippen LogP contribution < -0.4 is 10.1 Å². The van der Waals surface area contributed by atoms with E-state index in [4.69, 9.17) is 9.15 Å². The van der Waals surface area contributed by atoms with Crippen molar-refractivity contribution in [3.8, 4) is 5.75 Å². The van der Waals surface area contributed by atoms with Crippen LogP contribution >= 0.6 is 22.7 Å². The normalized spacial score (nSPS) is 11.7. The van der Waals surface area contributed by atoms with Crippen molar-refractivity contribution in [2.24, 2.45) is 0 Å². The van der Waals surface area contributed by atoms with E-state index in [2.05, 4.69) is 5.32 Å². The minimum absolute atomic E-state index is 0.133. The van der Waals surface area contributed by atoms with E-state index in [1.54, 1.807) is 35.5 Å². The predicted molar refractivity (Wildman–Crippen MR) is 129 cm³/mol. The summed E-state index contributed by atoms with van der Waals surface area (Å²) in [6, 6.07) is 17.8. The van der Waals surface area contributed by atoms with Crippen molar-refractivity contribution in [1.82, 2.24) is 10.2 Å². The molecule has 0 aliphatic heterocycles. The van der Waals surface area contributed by atoms with Gasteiger partial charge in [-0.15, -0.1) is 22.7 Å². The molecule has 0 radical (unpaired) electrons. The van der Waals surface area contributed by atoms with Gasteiger partial charge in [0.15, 0.2) is 6.04 Å². The van der Waals surface area contributed by atoms with Gasteiger partial charge >= 0.3 is 0 Å². The summed E-state index contributed by atoms with van der Waals surface area (Å²) >= 11 is 3.08. The summed E-state index contributed by atoms with van der Waals surface area (Å²) in [5.74, 6) is 0.752. The highest BCUT2D eigenvalue weighted by Gasteiger charge is 2.33. The van der Waals surface area contributed by atoms with Crippen LogP contribution in [0.2, 0.25) is 0 Å². The first-order valence-electron chi connectivity index (χ1n) is 10.4.